The lowest BCUT2D eigenvalue weighted by Gasteiger charge is -2.25. The fourth-order valence-electron chi connectivity index (χ4n) is 3.86. The first-order valence-electron chi connectivity index (χ1n) is 10.4. The number of hydrogen-bond acceptors (Lipinski definition) is 5. The summed E-state index contributed by atoms with van der Waals surface area (Å²) >= 11 is 0. The zero-order chi connectivity index (χ0) is 21.3. The highest BCUT2D eigenvalue weighted by atomic mass is 16.5. The van der Waals surface area contributed by atoms with Crippen molar-refractivity contribution in [3.63, 3.8) is 0 Å². The van der Waals surface area contributed by atoms with Gasteiger partial charge in [0.25, 0.3) is 0 Å². The van der Waals surface area contributed by atoms with E-state index in [1.165, 1.54) is 12.7 Å². The molecule has 0 aliphatic carbocycles. The number of carbonyl (C=O) groups excluding carboxylic acids is 2. The van der Waals surface area contributed by atoms with Crippen LogP contribution in [0, 0.1) is 0 Å². The molecule has 0 radical (unpaired) electrons. The summed E-state index contributed by atoms with van der Waals surface area (Å²) in [6.07, 6.45) is 3.33. The molecule has 2 aromatic rings. The maximum Gasteiger partial charge on any atom is 0.337 e. The molecule has 1 fully saturated rings. The number of hydrogen-bond donors (Lipinski definition) is 1. The lowest BCUT2D eigenvalue weighted by molar-refractivity contribution is -0.129. The zero-order valence-electron chi connectivity index (χ0n) is 17.7. The van der Waals surface area contributed by atoms with E-state index in [1.54, 1.807) is 19.2 Å². The number of benzene rings is 2. The number of likely N-dealkylation sites (tertiary alicyclic amines) is 1. The van der Waals surface area contributed by atoms with Gasteiger partial charge in [0.15, 0.2) is 0 Å². The smallest absolute Gasteiger partial charge is 0.337 e. The van der Waals surface area contributed by atoms with Crippen molar-refractivity contribution in [2.24, 2.45) is 0 Å². The minimum Gasteiger partial charge on any atom is -0.497 e. The SMILES string of the molecule is COC(=O)c1ccc(CNCCC2CCC(=O)N2CCc2cccc(OC)c2)cc1. The number of nitrogens with one attached hydrogen (secondary N) is 1. The van der Waals surface area contributed by atoms with Gasteiger partial charge in [-0.05, 0) is 61.2 Å². The Labute approximate surface area is 178 Å². The molecule has 0 saturated carbocycles. The van der Waals surface area contributed by atoms with Gasteiger partial charge in [0.1, 0.15) is 5.75 Å². The van der Waals surface area contributed by atoms with Crippen LogP contribution < -0.4 is 10.1 Å². The molecule has 2 aromatic carbocycles. The third-order valence-corrected chi connectivity index (χ3v) is 5.59. The van der Waals surface area contributed by atoms with Crippen molar-refractivity contribution in [1.82, 2.24) is 10.2 Å². The van der Waals surface area contributed by atoms with Crippen LogP contribution >= 0.6 is 0 Å². The lowest BCUT2D eigenvalue weighted by atomic mass is 10.1. The molecule has 1 N–H and O–H groups in total. The number of rotatable bonds is 10. The molecule has 1 unspecified atom stereocenters. The molecule has 6 heteroatoms. The van der Waals surface area contributed by atoms with Gasteiger partial charge in [-0.1, -0.05) is 24.3 Å². The van der Waals surface area contributed by atoms with E-state index in [4.69, 9.17) is 9.47 Å². The quantitative estimate of drug-likeness (QED) is 0.481. The molecule has 1 amide bonds. The second-order valence-corrected chi connectivity index (χ2v) is 7.54. The molecule has 1 aliphatic rings. The Morgan fingerprint density at radius 2 is 1.93 bits per heavy atom. The third kappa shape index (κ3) is 5.83. The standard InChI is InChI=1S/C24H30N2O4/c1-29-22-5-3-4-18(16-22)13-15-26-21(10-11-23(26)27)12-14-25-17-19-6-8-20(9-7-19)24(28)30-2/h3-9,16,21,25H,10-15,17H2,1-2H3. The summed E-state index contributed by atoms with van der Waals surface area (Å²) in [6.45, 7) is 2.31. The van der Waals surface area contributed by atoms with Gasteiger partial charge in [-0.25, -0.2) is 4.79 Å². The minimum absolute atomic E-state index is 0.251. The summed E-state index contributed by atoms with van der Waals surface area (Å²) in [5, 5.41) is 3.44. The van der Waals surface area contributed by atoms with Crippen LogP contribution in [-0.2, 0) is 22.5 Å². The van der Waals surface area contributed by atoms with Crippen LogP contribution in [0.15, 0.2) is 48.5 Å². The Hall–Kier alpha value is -2.86. The van der Waals surface area contributed by atoms with Crippen LogP contribution in [0.3, 0.4) is 0 Å². The second-order valence-electron chi connectivity index (χ2n) is 7.54. The molecule has 1 aliphatic heterocycles. The first-order valence-corrected chi connectivity index (χ1v) is 10.4. The molecule has 30 heavy (non-hydrogen) atoms. The molecule has 1 atom stereocenters. The summed E-state index contributed by atoms with van der Waals surface area (Å²) in [6, 6.07) is 15.7. The van der Waals surface area contributed by atoms with Crippen LogP contribution in [0.25, 0.3) is 0 Å². The van der Waals surface area contributed by atoms with Crippen LogP contribution in [0.2, 0.25) is 0 Å². The Kier molecular flexibility index (Phi) is 7.85. The molecule has 1 heterocycles. The van der Waals surface area contributed by atoms with E-state index in [1.807, 2.05) is 35.2 Å². The summed E-state index contributed by atoms with van der Waals surface area (Å²) in [4.78, 5) is 25.9. The predicted octanol–water partition coefficient (Wildman–Crippen LogP) is 3.20. The largest absolute Gasteiger partial charge is 0.497 e. The highest BCUT2D eigenvalue weighted by Gasteiger charge is 2.29. The van der Waals surface area contributed by atoms with E-state index < -0.39 is 0 Å². The normalized spacial score (nSPS) is 16.0. The molecule has 6 nitrogen and oxygen atoms in total. The fourth-order valence-corrected chi connectivity index (χ4v) is 3.86. The highest BCUT2D eigenvalue weighted by molar-refractivity contribution is 5.89. The summed E-state index contributed by atoms with van der Waals surface area (Å²) in [5.74, 6) is 0.774. The van der Waals surface area contributed by atoms with Crippen molar-refractivity contribution < 1.29 is 19.1 Å². The van der Waals surface area contributed by atoms with Crippen molar-refractivity contribution in [2.75, 3.05) is 27.3 Å². The van der Waals surface area contributed by atoms with Gasteiger partial charge in [-0.2, -0.15) is 0 Å². The number of methoxy groups -OCH3 is 2. The average molecular weight is 411 g/mol. The van der Waals surface area contributed by atoms with E-state index in [-0.39, 0.29) is 17.9 Å². The molecule has 0 spiro atoms. The number of ether oxygens (including phenoxy) is 2. The van der Waals surface area contributed by atoms with E-state index >= 15 is 0 Å². The highest BCUT2D eigenvalue weighted by Crippen LogP contribution is 2.22. The van der Waals surface area contributed by atoms with Gasteiger partial charge in [-0.15, -0.1) is 0 Å². The summed E-state index contributed by atoms with van der Waals surface area (Å²) in [5.41, 5.74) is 2.85. The van der Waals surface area contributed by atoms with Gasteiger partial charge in [-0.3, -0.25) is 4.79 Å². The van der Waals surface area contributed by atoms with Crippen molar-refractivity contribution in [2.45, 2.75) is 38.3 Å². The summed E-state index contributed by atoms with van der Waals surface area (Å²) in [7, 11) is 3.05. The van der Waals surface area contributed by atoms with Gasteiger partial charge in [0.05, 0.1) is 19.8 Å². The number of esters is 1. The van der Waals surface area contributed by atoms with E-state index in [0.717, 1.165) is 50.2 Å². The van der Waals surface area contributed by atoms with E-state index in [2.05, 4.69) is 11.4 Å². The van der Waals surface area contributed by atoms with Crippen LogP contribution in [-0.4, -0.2) is 50.1 Å². The van der Waals surface area contributed by atoms with Gasteiger partial charge >= 0.3 is 5.97 Å². The van der Waals surface area contributed by atoms with Gasteiger partial charge in [0.2, 0.25) is 5.91 Å². The Bertz CT molecular complexity index is 851. The molecule has 160 valence electrons. The molecule has 1 saturated heterocycles. The monoisotopic (exact) mass is 410 g/mol. The first-order chi connectivity index (χ1) is 14.6. The van der Waals surface area contributed by atoms with Crippen molar-refractivity contribution in [3.05, 3.63) is 65.2 Å². The predicted molar refractivity (Wildman–Crippen MR) is 116 cm³/mol. The van der Waals surface area contributed by atoms with Gasteiger partial charge < -0.3 is 19.7 Å². The maximum absolute atomic E-state index is 12.3. The average Bonchev–Trinajstić information content (AvgIpc) is 3.14. The Morgan fingerprint density at radius 1 is 1.13 bits per heavy atom. The fraction of sp³-hybridized carbons (Fsp3) is 0.417. The number of amides is 1. The molecule has 0 bridgehead atoms. The molecular formula is C24H30N2O4. The zero-order valence-corrected chi connectivity index (χ0v) is 17.7. The summed E-state index contributed by atoms with van der Waals surface area (Å²) < 4.78 is 10.00. The molecule has 3 rings (SSSR count). The molecule has 0 aromatic heterocycles. The second kappa shape index (κ2) is 10.8. The van der Waals surface area contributed by atoms with E-state index in [0.29, 0.717) is 12.0 Å². The topological polar surface area (TPSA) is 67.9 Å². The van der Waals surface area contributed by atoms with Crippen molar-refractivity contribution in [3.8, 4) is 5.75 Å². The first kappa shape index (κ1) is 21.8. The number of nitrogens with zero attached hydrogens (tertiary/aromatic N) is 1. The molecular weight excluding hydrogens is 380 g/mol. The van der Waals surface area contributed by atoms with Crippen LogP contribution in [0.1, 0.15) is 40.7 Å². The van der Waals surface area contributed by atoms with Crippen molar-refractivity contribution in [1.29, 1.82) is 0 Å². The van der Waals surface area contributed by atoms with Crippen LogP contribution in [0.5, 0.6) is 5.75 Å². The third-order valence-electron chi connectivity index (χ3n) is 5.59. The van der Waals surface area contributed by atoms with Crippen LogP contribution in [0.4, 0.5) is 0 Å². The Morgan fingerprint density at radius 3 is 2.67 bits per heavy atom. The Balaban J connectivity index is 1.43. The minimum atomic E-state index is -0.325. The number of carbonyl (C=O) groups is 2. The maximum atomic E-state index is 12.3. The lowest BCUT2D eigenvalue weighted by Crippen LogP contribution is -2.36. The van der Waals surface area contributed by atoms with Crippen molar-refractivity contribution >= 4 is 11.9 Å². The van der Waals surface area contributed by atoms with Gasteiger partial charge in [0, 0.05) is 25.6 Å². The van der Waals surface area contributed by atoms with E-state index in [9.17, 15) is 9.59 Å².